The minimum atomic E-state index is -1.18. The maximum Gasteiger partial charge on any atom is 0.0598 e. The maximum absolute atomic E-state index is 3.97. The van der Waals surface area contributed by atoms with E-state index in [0.29, 0.717) is 0 Å². The molecule has 3 aliphatic rings. The summed E-state index contributed by atoms with van der Waals surface area (Å²) in [5, 5.41) is 0. The Bertz CT molecular complexity index is 451. The molecule has 0 radical (unpaired) electrons. The Balaban J connectivity index is 1.88. The Labute approximate surface area is 145 Å². The van der Waals surface area contributed by atoms with Crippen LogP contribution in [0.1, 0.15) is 58.8 Å². The molecule has 4 atom stereocenters. The lowest BCUT2D eigenvalue weighted by atomic mass is 9.84. The number of rotatable bonds is 7. The van der Waals surface area contributed by atoms with Gasteiger partial charge in [0.2, 0.25) is 0 Å². The van der Waals surface area contributed by atoms with Gasteiger partial charge in [0, 0.05) is 0 Å². The van der Waals surface area contributed by atoms with Crippen molar-refractivity contribution in [2.75, 3.05) is 0 Å². The summed E-state index contributed by atoms with van der Waals surface area (Å²) in [4.78, 5) is 0. The van der Waals surface area contributed by atoms with Gasteiger partial charge in [0.25, 0.3) is 0 Å². The van der Waals surface area contributed by atoms with Gasteiger partial charge in [-0.25, -0.2) is 0 Å². The van der Waals surface area contributed by atoms with E-state index in [2.05, 4.69) is 50.8 Å². The summed E-state index contributed by atoms with van der Waals surface area (Å²) in [6.07, 6.45) is 22.2. The van der Waals surface area contributed by atoms with Gasteiger partial charge in [-0.2, -0.15) is 0 Å². The summed E-state index contributed by atoms with van der Waals surface area (Å²) in [6, 6.07) is 3.04. The second-order valence-electron chi connectivity index (χ2n) is 8.31. The predicted molar refractivity (Wildman–Crippen MR) is 105 cm³/mol. The highest BCUT2D eigenvalue weighted by atomic mass is 28.3. The molecule has 0 aromatic carbocycles. The largest absolute Gasteiger partial charge is 0.103 e. The van der Waals surface area contributed by atoms with Crippen molar-refractivity contribution in [3.05, 3.63) is 37.0 Å². The average Bonchev–Trinajstić information content (AvgIpc) is 3.24. The van der Waals surface area contributed by atoms with Crippen LogP contribution in [0.5, 0.6) is 0 Å². The highest BCUT2D eigenvalue weighted by molar-refractivity contribution is 6.82. The normalized spacial score (nSPS) is 34.0. The Morgan fingerprint density at radius 1 is 1.04 bits per heavy atom. The SMILES string of the molecule is C=CCCC1CC([Si](CC)(CC)C2CCCC2)C2C=CC=CC12. The first-order valence-electron chi connectivity index (χ1n) is 10.2. The molecule has 0 aromatic rings. The number of hydrogen-bond donors (Lipinski definition) is 0. The van der Waals surface area contributed by atoms with Crippen molar-refractivity contribution in [1.29, 1.82) is 0 Å². The van der Waals surface area contributed by atoms with Crippen molar-refractivity contribution in [2.45, 2.75) is 82.0 Å². The van der Waals surface area contributed by atoms with Crippen LogP contribution in [0.15, 0.2) is 37.0 Å². The third kappa shape index (κ3) is 3.06. The zero-order valence-corrected chi connectivity index (χ0v) is 16.3. The monoisotopic (exact) mass is 328 g/mol. The van der Waals surface area contributed by atoms with E-state index >= 15 is 0 Å². The minimum absolute atomic E-state index is 0.830. The molecule has 0 heterocycles. The molecule has 0 N–H and O–H groups in total. The van der Waals surface area contributed by atoms with E-state index in [4.69, 9.17) is 0 Å². The first-order valence-corrected chi connectivity index (χ1v) is 12.8. The van der Waals surface area contributed by atoms with Crippen molar-refractivity contribution < 1.29 is 0 Å². The highest BCUT2D eigenvalue weighted by Crippen LogP contribution is 2.60. The summed E-state index contributed by atoms with van der Waals surface area (Å²) < 4.78 is 0. The van der Waals surface area contributed by atoms with Crippen LogP contribution in [-0.2, 0) is 0 Å². The molecule has 3 aliphatic carbocycles. The molecule has 2 fully saturated rings. The van der Waals surface area contributed by atoms with E-state index in [1.165, 1.54) is 44.2 Å². The molecule has 2 saturated carbocycles. The fraction of sp³-hybridized carbons (Fsp3) is 0.727. The zero-order chi connectivity index (χ0) is 16.3. The fourth-order valence-electron chi connectivity index (χ4n) is 6.57. The lowest BCUT2D eigenvalue weighted by molar-refractivity contribution is 0.396. The second kappa shape index (κ2) is 7.55. The van der Waals surface area contributed by atoms with E-state index in [0.717, 1.165) is 28.8 Å². The van der Waals surface area contributed by atoms with Crippen LogP contribution in [0.25, 0.3) is 0 Å². The van der Waals surface area contributed by atoms with Gasteiger partial charge in [0.1, 0.15) is 0 Å². The average molecular weight is 329 g/mol. The van der Waals surface area contributed by atoms with Crippen molar-refractivity contribution in [3.63, 3.8) is 0 Å². The molecule has 3 rings (SSSR count). The van der Waals surface area contributed by atoms with Crippen LogP contribution >= 0.6 is 0 Å². The first kappa shape index (κ1) is 17.3. The molecular formula is C22H36Si. The van der Waals surface area contributed by atoms with E-state index in [1.54, 1.807) is 12.8 Å². The quantitative estimate of drug-likeness (QED) is 0.344. The van der Waals surface area contributed by atoms with Crippen molar-refractivity contribution in [1.82, 2.24) is 0 Å². The van der Waals surface area contributed by atoms with Crippen molar-refractivity contribution >= 4 is 8.07 Å². The maximum atomic E-state index is 3.97. The minimum Gasteiger partial charge on any atom is -0.103 e. The van der Waals surface area contributed by atoms with Gasteiger partial charge in [-0.15, -0.1) is 6.58 Å². The highest BCUT2D eigenvalue weighted by Gasteiger charge is 2.53. The Morgan fingerprint density at radius 2 is 1.70 bits per heavy atom. The fourth-order valence-corrected chi connectivity index (χ4v) is 13.3. The number of hydrogen-bond acceptors (Lipinski definition) is 0. The van der Waals surface area contributed by atoms with Crippen molar-refractivity contribution in [3.8, 4) is 0 Å². The molecule has 4 unspecified atom stereocenters. The summed E-state index contributed by atoms with van der Waals surface area (Å²) in [5.74, 6) is 2.61. The van der Waals surface area contributed by atoms with E-state index in [1.807, 2.05) is 0 Å². The lowest BCUT2D eigenvalue weighted by Crippen LogP contribution is -2.44. The molecule has 0 aliphatic heterocycles. The van der Waals surface area contributed by atoms with Crippen molar-refractivity contribution in [2.24, 2.45) is 17.8 Å². The van der Waals surface area contributed by atoms with Gasteiger partial charge in [0.05, 0.1) is 8.07 Å². The van der Waals surface area contributed by atoms with Gasteiger partial charge < -0.3 is 0 Å². The smallest absolute Gasteiger partial charge is 0.0598 e. The van der Waals surface area contributed by atoms with Crippen LogP contribution in [0, 0.1) is 17.8 Å². The zero-order valence-electron chi connectivity index (χ0n) is 15.3. The summed E-state index contributed by atoms with van der Waals surface area (Å²) in [6.45, 7) is 9.05. The molecule has 0 aromatic heterocycles. The number of allylic oxidation sites excluding steroid dienone is 5. The van der Waals surface area contributed by atoms with Crippen LogP contribution < -0.4 is 0 Å². The standard InChI is InChI=1S/C22H36Si/c1-4-7-12-18-17-22(21-16-11-10-15-20(18)21)23(5-2,6-3)19-13-8-9-14-19/h4,10-11,15-16,18-22H,1,5-9,12-14,17H2,2-3H3. The van der Waals surface area contributed by atoms with Crippen LogP contribution in [-0.4, -0.2) is 8.07 Å². The lowest BCUT2D eigenvalue weighted by Gasteiger charge is -2.44. The predicted octanol–water partition coefficient (Wildman–Crippen LogP) is 7.13. The molecule has 0 bridgehead atoms. The van der Waals surface area contributed by atoms with Crippen LogP contribution in [0.4, 0.5) is 0 Å². The third-order valence-electron chi connectivity index (χ3n) is 7.75. The number of fused-ring (bicyclic) bond motifs is 1. The van der Waals surface area contributed by atoms with Gasteiger partial charge >= 0.3 is 0 Å². The van der Waals surface area contributed by atoms with E-state index in [-0.39, 0.29) is 0 Å². The first-order chi connectivity index (χ1) is 11.3. The van der Waals surface area contributed by atoms with E-state index < -0.39 is 8.07 Å². The van der Waals surface area contributed by atoms with Gasteiger partial charge in [-0.05, 0) is 48.1 Å². The molecule has 0 amide bonds. The summed E-state index contributed by atoms with van der Waals surface area (Å²) in [7, 11) is -1.18. The third-order valence-corrected chi connectivity index (χ3v) is 14.7. The Kier molecular flexibility index (Phi) is 5.67. The second-order valence-corrected chi connectivity index (χ2v) is 13.8. The Morgan fingerprint density at radius 3 is 2.30 bits per heavy atom. The van der Waals surface area contributed by atoms with E-state index in [9.17, 15) is 0 Å². The Hall–Kier alpha value is -0.563. The molecule has 23 heavy (non-hydrogen) atoms. The van der Waals surface area contributed by atoms with Crippen LogP contribution in [0.2, 0.25) is 23.2 Å². The van der Waals surface area contributed by atoms with Gasteiger partial charge in [-0.3, -0.25) is 0 Å². The summed E-state index contributed by atoms with van der Waals surface area (Å²) in [5.41, 5.74) is 2.17. The van der Waals surface area contributed by atoms with Crippen LogP contribution in [0.3, 0.4) is 0 Å². The van der Waals surface area contributed by atoms with Gasteiger partial charge in [-0.1, -0.05) is 82.0 Å². The summed E-state index contributed by atoms with van der Waals surface area (Å²) >= 11 is 0. The van der Waals surface area contributed by atoms with Gasteiger partial charge in [0.15, 0.2) is 0 Å². The molecule has 0 nitrogen and oxygen atoms in total. The molecular weight excluding hydrogens is 292 g/mol. The molecule has 0 spiro atoms. The molecule has 0 saturated heterocycles. The topological polar surface area (TPSA) is 0 Å². The molecule has 128 valence electrons. The molecule has 1 heteroatoms.